The van der Waals surface area contributed by atoms with Crippen LogP contribution in [0.25, 0.3) is 11.1 Å². The highest BCUT2D eigenvalue weighted by Crippen LogP contribution is 2.42. The van der Waals surface area contributed by atoms with Crippen LogP contribution in [0.2, 0.25) is 0 Å². The predicted octanol–water partition coefficient (Wildman–Crippen LogP) is 6.18. The van der Waals surface area contributed by atoms with E-state index in [1.54, 1.807) is 12.4 Å². The Kier molecular flexibility index (Phi) is 10.6. The molecule has 0 radical (unpaired) electrons. The van der Waals surface area contributed by atoms with Crippen LogP contribution < -0.4 is 10.2 Å². The van der Waals surface area contributed by atoms with Crippen molar-refractivity contribution < 1.29 is 19.4 Å². The zero-order chi connectivity index (χ0) is 34.3. The Morgan fingerprint density at radius 3 is 2.20 bits per heavy atom. The normalized spacial score (nSPS) is 21.1. The maximum Gasteiger partial charge on any atom is 0.251 e. The molecule has 0 saturated carbocycles. The quantitative estimate of drug-likeness (QED) is 0.182. The molecule has 0 unspecified atom stereocenters. The molecular formula is C41H43N5O4. The van der Waals surface area contributed by atoms with Crippen LogP contribution in [0.15, 0.2) is 122 Å². The fraction of sp³-hybridized carbons (Fsp3) is 0.293. The number of ether oxygens (including phenoxy) is 2. The van der Waals surface area contributed by atoms with E-state index in [4.69, 9.17) is 9.47 Å². The van der Waals surface area contributed by atoms with E-state index >= 15 is 0 Å². The number of aliphatic hydroxyl groups is 1. The van der Waals surface area contributed by atoms with Gasteiger partial charge in [-0.3, -0.25) is 9.69 Å². The minimum Gasteiger partial charge on any atom is -0.392 e. The van der Waals surface area contributed by atoms with Gasteiger partial charge in [0, 0.05) is 68.7 Å². The topological polar surface area (TPSA) is 100 Å². The molecule has 0 bridgehead atoms. The molecular weight excluding hydrogens is 626 g/mol. The SMILES string of the molecule is C[C@@H]1[C@H](CN2CCN(c3ncccn3)CC2)O[C@H](c2ccc(-c3ccccc3CNC(=O)c3ccccc3)cc2)O[C@@H]1c1ccc(CO)cc1. The largest absolute Gasteiger partial charge is 0.392 e. The van der Waals surface area contributed by atoms with Crippen LogP contribution in [0.3, 0.4) is 0 Å². The molecule has 7 rings (SSSR count). The van der Waals surface area contributed by atoms with Gasteiger partial charge in [-0.1, -0.05) is 97.9 Å². The number of carbonyl (C=O) groups excluding carboxylic acids is 1. The molecule has 4 atom stereocenters. The summed E-state index contributed by atoms with van der Waals surface area (Å²) < 4.78 is 13.5. The summed E-state index contributed by atoms with van der Waals surface area (Å²) in [7, 11) is 0. The van der Waals surface area contributed by atoms with Gasteiger partial charge in [0.15, 0.2) is 6.29 Å². The third-order valence-electron chi connectivity index (χ3n) is 9.76. The lowest BCUT2D eigenvalue weighted by Gasteiger charge is -2.44. The third kappa shape index (κ3) is 7.77. The number of nitrogens with one attached hydrogen (secondary N) is 1. The monoisotopic (exact) mass is 669 g/mol. The molecule has 1 aromatic heterocycles. The van der Waals surface area contributed by atoms with E-state index in [1.165, 1.54) is 0 Å². The zero-order valence-electron chi connectivity index (χ0n) is 28.3. The molecule has 0 aliphatic carbocycles. The summed E-state index contributed by atoms with van der Waals surface area (Å²) in [5.41, 5.74) is 6.68. The molecule has 2 saturated heterocycles. The number of hydrogen-bond acceptors (Lipinski definition) is 8. The summed E-state index contributed by atoms with van der Waals surface area (Å²) in [5, 5.41) is 12.7. The molecule has 256 valence electrons. The van der Waals surface area contributed by atoms with Gasteiger partial charge in [-0.25, -0.2) is 9.97 Å². The maximum atomic E-state index is 12.7. The number of aliphatic hydroxyl groups excluding tert-OH is 1. The fourth-order valence-corrected chi connectivity index (χ4v) is 6.81. The van der Waals surface area contributed by atoms with Crippen molar-refractivity contribution in [1.82, 2.24) is 20.2 Å². The number of aromatic nitrogens is 2. The van der Waals surface area contributed by atoms with E-state index in [2.05, 4.69) is 74.5 Å². The van der Waals surface area contributed by atoms with Crippen LogP contribution in [-0.4, -0.2) is 64.7 Å². The summed E-state index contributed by atoms with van der Waals surface area (Å²) in [6.45, 7) is 6.92. The minimum absolute atomic E-state index is 0.00455. The lowest BCUT2D eigenvalue weighted by molar-refractivity contribution is -0.276. The van der Waals surface area contributed by atoms with Crippen molar-refractivity contribution in [3.05, 3.63) is 149 Å². The number of nitrogens with zero attached hydrogens (tertiary/aromatic N) is 4. The van der Waals surface area contributed by atoms with Gasteiger partial charge in [0.25, 0.3) is 5.91 Å². The number of anilines is 1. The van der Waals surface area contributed by atoms with Gasteiger partial charge in [0.1, 0.15) is 0 Å². The molecule has 2 N–H and O–H groups in total. The molecule has 3 heterocycles. The number of piperazine rings is 1. The average Bonchev–Trinajstić information content (AvgIpc) is 3.19. The molecule has 9 heteroatoms. The Morgan fingerprint density at radius 2 is 1.48 bits per heavy atom. The van der Waals surface area contributed by atoms with Crippen LogP contribution in [0.5, 0.6) is 0 Å². The lowest BCUT2D eigenvalue weighted by Crippen LogP contribution is -2.51. The van der Waals surface area contributed by atoms with Crippen molar-refractivity contribution in [2.24, 2.45) is 5.92 Å². The first kappa shape index (κ1) is 33.6. The van der Waals surface area contributed by atoms with E-state index in [-0.39, 0.29) is 30.6 Å². The highest BCUT2D eigenvalue weighted by Gasteiger charge is 2.39. The van der Waals surface area contributed by atoms with Gasteiger partial charge in [0.05, 0.1) is 18.8 Å². The Morgan fingerprint density at radius 1 is 0.800 bits per heavy atom. The number of benzene rings is 4. The summed E-state index contributed by atoms with van der Waals surface area (Å²) in [4.78, 5) is 26.3. The molecule has 1 amide bonds. The molecule has 2 aliphatic rings. The molecule has 9 nitrogen and oxygen atoms in total. The predicted molar refractivity (Wildman–Crippen MR) is 193 cm³/mol. The van der Waals surface area contributed by atoms with Crippen LogP contribution in [0, 0.1) is 5.92 Å². The van der Waals surface area contributed by atoms with Crippen LogP contribution in [0.4, 0.5) is 5.95 Å². The Labute approximate surface area is 293 Å². The van der Waals surface area contributed by atoms with Crippen molar-refractivity contribution >= 4 is 11.9 Å². The molecule has 0 spiro atoms. The second-order valence-electron chi connectivity index (χ2n) is 13.0. The Hall–Kier alpha value is -4.93. The molecule has 4 aromatic carbocycles. The first-order valence-electron chi connectivity index (χ1n) is 17.3. The van der Waals surface area contributed by atoms with Crippen LogP contribution >= 0.6 is 0 Å². The summed E-state index contributed by atoms with van der Waals surface area (Å²) in [6, 6.07) is 35.7. The van der Waals surface area contributed by atoms with Crippen molar-refractivity contribution in [3.63, 3.8) is 0 Å². The number of rotatable bonds is 10. The van der Waals surface area contributed by atoms with E-state index in [1.807, 2.05) is 66.7 Å². The third-order valence-corrected chi connectivity index (χ3v) is 9.76. The minimum atomic E-state index is -0.549. The first-order chi connectivity index (χ1) is 24.6. The summed E-state index contributed by atoms with van der Waals surface area (Å²) >= 11 is 0. The highest BCUT2D eigenvalue weighted by atomic mass is 16.7. The number of carbonyl (C=O) groups is 1. The van der Waals surface area contributed by atoms with Gasteiger partial charge in [-0.05, 0) is 46.0 Å². The van der Waals surface area contributed by atoms with Gasteiger partial charge >= 0.3 is 0 Å². The van der Waals surface area contributed by atoms with Gasteiger partial charge in [-0.2, -0.15) is 0 Å². The smallest absolute Gasteiger partial charge is 0.251 e. The molecule has 2 fully saturated rings. The fourth-order valence-electron chi connectivity index (χ4n) is 6.81. The van der Waals surface area contributed by atoms with Gasteiger partial charge < -0.3 is 24.8 Å². The maximum absolute atomic E-state index is 12.7. The van der Waals surface area contributed by atoms with Crippen LogP contribution in [0.1, 0.15) is 51.9 Å². The van der Waals surface area contributed by atoms with E-state index < -0.39 is 6.29 Å². The highest BCUT2D eigenvalue weighted by molar-refractivity contribution is 5.94. The molecule has 5 aromatic rings. The van der Waals surface area contributed by atoms with Gasteiger partial charge in [0.2, 0.25) is 5.95 Å². The number of hydrogen-bond donors (Lipinski definition) is 2. The van der Waals surface area contributed by atoms with Crippen molar-refractivity contribution in [1.29, 1.82) is 0 Å². The van der Waals surface area contributed by atoms with E-state index in [0.29, 0.717) is 12.1 Å². The van der Waals surface area contributed by atoms with Crippen molar-refractivity contribution in [3.8, 4) is 11.1 Å². The second kappa shape index (κ2) is 15.7. The summed E-state index contributed by atoms with van der Waals surface area (Å²) in [5.74, 6) is 0.773. The van der Waals surface area contributed by atoms with Crippen LogP contribution in [-0.2, 0) is 22.6 Å². The van der Waals surface area contributed by atoms with E-state index in [9.17, 15) is 9.90 Å². The van der Waals surface area contributed by atoms with Gasteiger partial charge in [-0.15, -0.1) is 0 Å². The average molecular weight is 670 g/mol. The summed E-state index contributed by atoms with van der Waals surface area (Å²) in [6.07, 6.45) is 2.78. The standard InChI is InChI=1S/C41H43N5O4/c1-29-37(27-45-22-24-46(25-23-45)41-42-20-7-21-43-41)49-40(50-38(29)32-14-12-30(28-47)13-15-32)34-18-16-31(17-19-34)36-11-6-5-10-35(36)26-44-39(48)33-8-3-2-4-9-33/h2-21,29,37-38,40,47H,22-28H2,1H3,(H,44,48)/t29-,37+,38+,40+/m1/s1. The number of amides is 1. The Balaban J connectivity index is 1.07. The van der Waals surface area contributed by atoms with E-state index in [0.717, 1.165) is 72.1 Å². The molecule has 50 heavy (non-hydrogen) atoms. The zero-order valence-corrected chi connectivity index (χ0v) is 28.3. The van der Waals surface area contributed by atoms with Crippen molar-refractivity contribution in [2.45, 2.75) is 38.6 Å². The second-order valence-corrected chi connectivity index (χ2v) is 13.0. The molecule has 2 aliphatic heterocycles. The Bertz CT molecular complexity index is 1830. The first-order valence-corrected chi connectivity index (χ1v) is 17.3. The van der Waals surface area contributed by atoms with Crippen molar-refractivity contribution in [2.75, 3.05) is 37.6 Å². The lowest BCUT2D eigenvalue weighted by atomic mass is 9.89.